The normalized spacial score (nSPS) is 16.2. The summed E-state index contributed by atoms with van der Waals surface area (Å²) in [6, 6.07) is 11.6. The number of rotatable bonds is 4. The maximum Gasteiger partial charge on any atom is 0.185 e. The Labute approximate surface area is 167 Å². The average Bonchev–Trinajstić information content (AvgIpc) is 3.41. The van der Waals surface area contributed by atoms with Crippen molar-refractivity contribution in [3.8, 4) is 16.9 Å². The smallest absolute Gasteiger partial charge is 0.185 e. The minimum absolute atomic E-state index is 0.0265. The third kappa shape index (κ3) is 2.73. The van der Waals surface area contributed by atoms with E-state index in [9.17, 15) is 4.79 Å². The van der Waals surface area contributed by atoms with Crippen LogP contribution in [0.25, 0.3) is 16.8 Å². The van der Waals surface area contributed by atoms with Gasteiger partial charge in [0, 0.05) is 24.3 Å². The summed E-state index contributed by atoms with van der Waals surface area (Å²) in [7, 11) is 1.65. The van der Waals surface area contributed by atoms with Crippen LogP contribution in [0.15, 0.2) is 47.1 Å². The number of aryl methyl sites for hydroxylation is 1. The molecule has 0 saturated carbocycles. The molecule has 3 aromatic heterocycles. The third-order valence-corrected chi connectivity index (χ3v) is 5.50. The maximum absolute atomic E-state index is 12.8. The highest BCUT2D eigenvalue weighted by atomic mass is 16.5. The van der Waals surface area contributed by atoms with Crippen LogP contribution >= 0.6 is 0 Å². The number of aromatic nitrogens is 4. The molecular weight excluding hydrogens is 368 g/mol. The monoisotopic (exact) mass is 388 g/mol. The van der Waals surface area contributed by atoms with Crippen LogP contribution in [0.2, 0.25) is 0 Å². The minimum atomic E-state index is -0.0329. The summed E-state index contributed by atoms with van der Waals surface area (Å²) in [4.78, 5) is 12.8. The lowest BCUT2D eigenvalue weighted by atomic mass is 9.87. The highest BCUT2D eigenvalue weighted by Gasteiger charge is 2.33. The van der Waals surface area contributed by atoms with E-state index in [1.54, 1.807) is 17.9 Å². The topological polar surface area (TPSA) is 82.5 Å². The molecule has 3 heterocycles. The van der Waals surface area contributed by atoms with Crippen molar-refractivity contribution in [2.45, 2.75) is 32.1 Å². The van der Waals surface area contributed by atoms with E-state index in [4.69, 9.17) is 14.3 Å². The van der Waals surface area contributed by atoms with Crippen LogP contribution in [-0.2, 0) is 12.8 Å². The van der Waals surface area contributed by atoms with Gasteiger partial charge in [0.15, 0.2) is 17.1 Å². The molecule has 146 valence electrons. The zero-order chi connectivity index (χ0) is 20.0. The number of ether oxygens (including phenoxy) is 1. The van der Waals surface area contributed by atoms with E-state index in [0.717, 1.165) is 40.4 Å². The van der Waals surface area contributed by atoms with Crippen molar-refractivity contribution in [1.29, 1.82) is 0 Å². The van der Waals surface area contributed by atoms with Gasteiger partial charge in [-0.2, -0.15) is 5.10 Å². The first kappa shape index (κ1) is 17.6. The first-order valence-electron chi connectivity index (χ1n) is 9.68. The van der Waals surface area contributed by atoms with Crippen molar-refractivity contribution in [2.24, 2.45) is 0 Å². The number of Topliss-reactive ketones (excluding diaryl/α,β-unsaturated/α-hetero) is 1. The van der Waals surface area contributed by atoms with Crippen LogP contribution in [0.1, 0.15) is 46.9 Å². The number of benzene rings is 1. The van der Waals surface area contributed by atoms with Gasteiger partial charge in [-0.3, -0.25) is 4.79 Å². The SMILES string of the molecule is CCc1nn2c3c(nnc2c1-c1ccccc1OC)C(=O)C[C@H](c1ccco1)C3. The zero-order valence-corrected chi connectivity index (χ0v) is 16.3. The second-order valence-electron chi connectivity index (χ2n) is 7.15. The molecule has 1 aliphatic carbocycles. The van der Waals surface area contributed by atoms with E-state index in [1.807, 2.05) is 36.4 Å². The number of hydrogen-bond donors (Lipinski definition) is 0. The van der Waals surface area contributed by atoms with Crippen LogP contribution in [0.5, 0.6) is 5.75 Å². The van der Waals surface area contributed by atoms with Crippen LogP contribution in [0, 0.1) is 0 Å². The molecule has 0 bridgehead atoms. The molecule has 0 saturated heterocycles. The molecule has 0 spiro atoms. The Balaban J connectivity index is 1.73. The van der Waals surface area contributed by atoms with E-state index >= 15 is 0 Å². The van der Waals surface area contributed by atoms with Crippen molar-refractivity contribution in [3.05, 3.63) is 65.5 Å². The van der Waals surface area contributed by atoms with Crippen molar-refractivity contribution in [2.75, 3.05) is 7.11 Å². The Kier molecular flexibility index (Phi) is 4.16. The summed E-state index contributed by atoms with van der Waals surface area (Å²) in [6.07, 6.45) is 3.35. The van der Waals surface area contributed by atoms with Gasteiger partial charge in [-0.15, -0.1) is 10.2 Å². The first-order valence-corrected chi connectivity index (χ1v) is 9.68. The summed E-state index contributed by atoms with van der Waals surface area (Å²) < 4.78 is 12.9. The van der Waals surface area contributed by atoms with Crippen LogP contribution in [0.3, 0.4) is 0 Å². The van der Waals surface area contributed by atoms with Gasteiger partial charge in [-0.25, -0.2) is 4.52 Å². The first-order chi connectivity index (χ1) is 14.2. The molecule has 5 rings (SSSR count). The van der Waals surface area contributed by atoms with Crippen LogP contribution < -0.4 is 4.74 Å². The number of hydrogen-bond acceptors (Lipinski definition) is 6. The van der Waals surface area contributed by atoms with Crippen molar-refractivity contribution < 1.29 is 13.9 Å². The van der Waals surface area contributed by atoms with Crippen LogP contribution in [0.4, 0.5) is 0 Å². The molecule has 0 aliphatic heterocycles. The zero-order valence-electron chi connectivity index (χ0n) is 16.3. The number of carbonyl (C=O) groups excluding carboxylic acids is 1. The fraction of sp³-hybridized carbons (Fsp3) is 0.273. The number of ketones is 1. The van der Waals surface area contributed by atoms with Gasteiger partial charge in [-0.05, 0) is 24.6 Å². The van der Waals surface area contributed by atoms with Gasteiger partial charge >= 0.3 is 0 Å². The summed E-state index contributed by atoms with van der Waals surface area (Å²) in [5, 5.41) is 13.5. The Hall–Kier alpha value is -3.48. The molecule has 1 aliphatic rings. The second kappa shape index (κ2) is 6.84. The standard InChI is InChI=1S/C22H20N4O3/c1-3-15-20(14-7-4-5-8-19(14)28-2)22-24-23-21-16(26(22)25-15)11-13(12-17(21)27)18-9-6-10-29-18/h4-10,13H,3,11-12H2,1-2H3/t13-/m1/s1. The van der Waals surface area contributed by atoms with Crippen molar-refractivity contribution >= 4 is 11.4 Å². The van der Waals surface area contributed by atoms with Crippen molar-refractivity contribution in [3.63, 3.8) is 0 Å². The van der Waals surface area contributed by atoms with E-state index in [1.165, 1.54) is 0 Å². The second-order valence-corrected chi connectivity index (χ2v) is 7.15. The number of methoxy groups -OCH3 is 1. The average molecular weight is 388 g/mol. The summed E-state index contributed by atoms with van der Waals surface area (Å²) in [6.45, 7) is 2.05. The molecule has 0 unspecified atom stereocenters. The van der Waals surface area contributed by atoms with E-state index < -0.39 is 0 Å². The third-order valence-electron chi connectivity index (χ3n) is 5.50. The van der Waals surface area contributed by atoms with Gasteiger partial charge in [0.05, 0.1) is 30.3 Å². The van der Waals surface area contributed by atoms with Crippen LogP contribution in [-0.4, -0.2) is 32.7 Å². The predicted octanol–water partition coefficient (Wildman–Crippen LogP) is 3.87. The largest absolute Gasteiger partial charge is 0.496 e. The van der Waals surface area contributed by atoms with E-state index in [0.29, 0.717) is 24.2 Å². The molecule has 1 aromatic carbocycles. The fourth-order valence-electron chi connectivity index (χ4n) is 4.11. The lowest BCUT2D eigenvalue weighted by molar-refractivity contribution is 0.0951. The molecule has 4 aromatic rings. The summed E-state index contributed by atoms with van der Waals surface area (Å²) in [5.41, 5.74) is 4.52. The van der Waals surface area contributed by atoms with Gasteiger partial charge in [0.25, 0.3) is 0 Å². The van der Waals surface area contributed by atoms with Gasteiger partial charge < -0.3 is 9.15 Å². The molecule has 7 nitrogen and oxygen atoms in total. The lowest BCUT2D eigenvalue weighted by Gasteiger charge is -2.21. The van der Waals surface area contributed by atoms with Gasteiger partial charge in [0.1, 0.15) is 11.5 Å². The summed E-state index contributed by atoms with van der Waals surface area (Å²) >= 11 is 0. The molecule has 0 fully saturated rings. The fourth-order valence-corrected chi connectivity index (χ4v) is 4.11. The quantitative estimate of drug-likeness (QED) is 0.528. The molecule has 0 radical (unpaired) electrons. The Morgan fingerprint density at radius 2 is 2.03 bits per heavy atom. The van der Waals surface area contributed by atoms with E-state index in [2.05, 4.69) is 17.1 Å². The Morgan fingerprint density at radius 3 is 2.79 bits per heavy atom. The summed E-state index contributed by atoms with van der Waals surface area (Å²) in [5.74, 6) is 1.50. The molecule has 0 amide bonds. The number of furan rings is 1. The molecule has 7 heteroatoms. The number of carbonyl (C=O) groups is 1. The van der Waals surface area contributed by atoms with Gasteiger partial charge in [0.2, 0.25) is 0 Å². The van der Waals surface area contributed by atoms with Gasteiger partial charge in [-0.1, -0.05) is 25.1 Å². The number of nitrogens with zero attached hydrogens (tertiary/aromatic N) is 4. The molecule has 1 atom stereocenters. The molecule has 0 N–H and O–H groups in total. The highest BCUT2D eigenvalue weighted by Crippen LogP contribution is 2.37. The predicted molar refractivity (Wildman–Crippen MR) is 106 cm³/mol. The molecule has 29 heavy (non-hydrogen) atoms. The Bertz CT molecular complexity index is 1210. The highest BCUT2D eigenvalue weighted by molar-refractivity contribution is 5.97. The maximum atomic E-state index is 12.8. The van der Waals surface area contributed by atoms with Crippen molar-refractivity contribution in [1.82, 2.24) is 19.8 Å². The van der Waals surface area contributed by atoms with E-state index in [-0.39, 0.29) is 11.7 Å². The number of fused-ring (bicyclic) bond motifs is 3. The molecular formula is C22H20N4O3. The minimum Gasteiger partial charge on any atom is -0.496 e. The number of para-hydroxylation sites is 1. The Morgan fingerprint density at radius 1 is 1.17 bits per heavy atom. The lowest BCUT2D eigenvalue weighted by Crippen LogP contribution is -2.24.